The van der Waals surface area contributed by atoms with E-state index in [1.807, 2.05) is 35.8 Å². The highest BCUT2D eigenvalue weighted by Gasteiger charge is 2.48. The number of nitrogens with zero attached hydrogens (tertiary/aromatic N) is 3. The van der Waals surface area contributed by atoms with Crippen molar-refractivity contribution in [3.05, 3.63) is 59.9 Å². The topological polar surface area (TPSA) is 64.4 Å². The first-order chi connectivity index (χ1) is 14.6. The zero-order valence-corrected chi connectivity index (χ0v) is 17.0. The lowest BCUT2D eigenvalue weighted by Gasteiger charge is -2.38. The number of esters is 1. The predicted molar refractivity (Wildman–Crippen MR) is 112 cm³/mol. The highest BCUT2D eigenvalue weighted by atomic mass is 19.1. The van der Waals surface area contributed by atoms with E-state index in [-0.39, 0.29) is 12.2 Å². The summed E-state index contributed by atoms with van der Waals surface area (Å²) in [6.45, 7) is 4.29. The molecule has 1 aromatic heterocycles. The first-order valence-corrected chi connectivity index (χ1v) is 10.3. The fraction of sp³-hybridized carbons (Fsp3) is 0.348. The van der Waals surface area contributed by atoms with Gasteiger partial charge in [-0.25, -0.2) is 9.37 Å². The van der Waals surface area contributed by atoms with E-state index in [2.05, 4.69) is 4.98 Å². The van der Waals surface area contributed by atoms with E-state index in [4.69, 9.17) is 4.74 Å². The molecule has 0 radical (unpaired) electrons. The van der Waals surface area contributed by atoms with Gasteiger partial charge in [-0.3, -0.25) is 14.5 Å². The van der Waals surface area contributed by atoms with E-state index in [0.717, 1.165) is 18.4 Å². The van der Waals surface area contributed by atoms with Gasteiger partial charge in [0.15, 0.2) is 5.92 Å². The number of carbonyl (C=O) groups excluding carboxylic acids is 2. The average molecular weight is 409 g/mol. The maximum Gasteiger partial charge on any atom is 0.321 e. The van der Waals surface area contributed by atoms with Crippen molar-refractivity contribution in [2.24, 2.45) is 5.92 Å². The molecule has 0 bridgehead atoms. The number of amides is 1. The molecule has 7 heteroatoms. The molecule has 0 spiro atoms. The molecule has 3 aromatic rings. The van der Waals surface area contributed by atoms with E-state index in [9.17, 15) is 14.0 Å². The lowest BCUT2D eigenvalue weighted by atomic mass is 9.89. The number of ether oxygens (including phenoxy) is 1. The van der Waals surface area contributed by atoms with Crippen LogP contribution in [0.2, 0.25) is 0 Å². The second-order valence-corrected chi connectivity index (χ2v) is 7.31. The number of hydrogen-bond acceptors (Lipinski definition) is 4. The van der Waals surface area contributed by atoms with Crippen molar-refractivity contribution in [3.8, 4) is 0 Å². The second-order valence-electron chi connectivity index (χ2n) is 7.31. The number of halogens is 1. The Labute approximate surface area is 174 Å². The maximum atomic E-state index is 14.9. The number of para-hydroxylation sites is 2. The van der Waals surface area contributed by atoms with Crippen LogP contribution in [-0.4, -0.2) is 34.6 Å². The molecule has 4 rings (SSSR count). The molecule has 1 amide bonds. The Morgan fingerprint density at radius 2 is 1.87 bits per heavy atom. The second kappa shape index (κ2) is 8.26. The number of unbranched alkanes of at least 4 members (excludes halogenated alkanes) is 1. The minimum atomic E-state index is -1.19. The van der Waals surface area contributed by atoms with Crippen molar-refractivity contribution in [1.82, 2.24) is 9.55 Å². The van der Waals surface area contributed by atoms with Gasteiger partial charge in [0.05, 0.1) is 23.7 Å². The Balaban J connectivity index is 2.00. The minimum Gasteiger partial charge on any atom is -0.465 e. The normalized spacial score (nSPS) is 18.5. The number of rotatable bonds is 6. The van der Waals surface area contributed by atoms with Gasteiger partial charge in [-0.2, -0.15) is 0 Å². The van der Waals surface area contributed by atoms with Crippen molar-refractivity contribution in [2.75, 3.05) is 18.1 Å². The number of hydrogen-bond donors (Lipinski definition) is 0. The van der Waals surface area contributed by atoms with E-state index in [1.165, 1.54) is 6.07 Å². The number of imidazole rings is 1. The molecule has 6 nitrogen and oxygen atoms in total. The summed E-state index contributed by atoms with van der Waals surface area (Å²) in [6.07, 6.45) is 1.64. The Kier molecular flexibility index (Phi) is 5.53. The number of aromatic nitrogens is 2. The number of benzene rings is 2. The molecule has 2 atom stereocenters. The Hall–Kier alpha value is -3.22. The van der Waals surface area contributed by atoms with Crippen LogP contribution in [0.4, 0.5) is 10.3 Å². The van der Waals surface area contributed by atoms with Gasteiger partial charge in [0.1, 0.15) is 5.82 Å². The molecule has 1 aliphatic heterocycles. The number of carbonyl (C=O) groups is 2. The molecule has 0 fully saturated rings. The van der Waals surface area contributed by atoms with E-state index >= 15 is 0 Å². The summed E-state index contributed by atoms with van der Waals surface area (Å²) in [6, 6.07) is 12.8. The van der Waals surface area contributed by atoms with Crippen LogP contribution in [-0.2, 0) is 14.3 Å². The molecule has 0 unspecified atom stereocenters. The fourth-order valence-corrected chi connectivity index (χ4v) is 4.07. The highest BCUT2D eigenvalue weighted by Crippen LogP contribution is 2.42. The van der Waals surface area contributed by atoms with Crippen LogP contribution in [0, 0.1) is 11.7 Å². The summed E-state index contributed by atoms with van der Waals surface area (Å²) >= 11 is 0. The third-order valence-corrected chi connectivity index (χ3v) is 5.44. The lowest BCUT2D eigenvalue weighted by Crippen LogP contribution is -2.50. The molecule has 1 aliphatic rings. The molecular weight excluding hydrogens is 385 g/mol. The van der Waals surface area contributed by atoms with Crippen LogP contribution in [0.25, 0.3) is 11.0 Å². The molecule has 0 saturated heterocycles. The summed E-state index contributed by atoms with van der Waals surface area (Å²) in [5.41, 5.74) is 1.69. The molecule has 2 aromatic carbocycles. The summed E-state index contributed by atoms with van der Waals surface area (Å²) in [7, 11) is 0. The van der Waals surface area contributed by atoms with Crippen LogP contribution in [0.1, 0.15) is 38.3 Å². The van der Waals surface area contributed by atoms with Crippen LogP contribution in [0.5, 0.6) is 0 Å². The summed E-state index contributed by atoms with van der Waals surface area (Å²) in [4.78, 5) is 32.7. The summed E-state index contributed by atoms with van der Waals surface area (Å²) in [5.74, 6) is -2.29. The highest BCUT2D eigenvalue weighted by molar-refractivity contribution is 6.08. The largest absolute Gasteiger partial charge is 0.465 e. The van der Waals surface area contributed by atoms with Gasteiger partial charge in [0.25, 0.3) is 0 Å². The van der Waals surface area contributed by atoms with E-state index in [0.29, 0.717) is 18.0 Å². The van der Waals surface area contributed by atoms with E-state index in [1.54, 1.807) is 30.0 Å². The Bertz CT molecular complexity index is 1090. The van der Waals surface area contributed by atoms with Gasteiger partial charge in [-0.1, -0.05) is 43.7 Å². The van der Waals surface area contributed by atoms with Gasteiger partial charge in [-0.05, 0) is 31.5 Å². The summed E-state index contributed by atoms with van der Waals surface area (Å²) < 4.78 is 22.0. The first kappa shape index (κ1) is 20.1. The smallest absolute Gasteiger partial charge is 0.321 e. The van der Waals surface area contributed by atoms with Crippen molar-refractivity contribution in [1.29, 1.82) is 0 Å². The zero-order valence-electron chi connectivity index (χ0n) is 17.0. The van der Waals surface area contributed by atoms with Crippen molar-refractivity contribution < 1.29 is 18.7 Å². The Morgan fingerprint density at radius 3 is 2.60 bits per heavy atom. The molecule has 156 valence electrons. The predicted octanol–water partition coefficient (Wildman–Crippen LogP) is 4.09. The third kappa shape index (κ3) is 3.24. The fourth-order valence-electron chi connectivity index (χ4n) is 4.07. The standard InChI is InChI=1S/C23H24FN3O3/c1-3-5-14-26-21(28)19(22(29)30-4-2)20(15-10-6-7-11-16(15)24)27-18-13-9-8-12-17(18)25-23(26)27/h6-13,19-20H,3-5,14H2,1-2H3/t19-,20+/m0/s1. The van der Waals surface area contributed by atoms with Crippen molar-refractivity contribution >= 4 is 28.9 Å². The van der Waals surface area contributed by atoms with Crippen LogP contribution < -0.4 is 4.90 Å². The van der Waals surface area contributed by atoms with Crippen LogP contribution >= 0.6 is 0 Å². The number of anilines is 1. The van der Waals surface area contributed by atoms with Crippen molar-refractivity contribution in [3.63, 3.8) is 0 Å². The molecule has 30 heavy (non-hydrogen) atoms. The van der Waals surface area contributed by atoms with Gasteiger partial charge < -0.3 is 9.30 Å². The maximum absolute atomic E-state index is 14.9. The van der Waals surface area contributed by atoms with Crippen LogP contribution in [0.3, 0.4) is 0 Å². The molecule has 2 heterocycles. The van der Waals surface area contributed by atoms with Gasteiger partial charge >= 0.3 is 5.97 Å². The monoisotopic (exact) mass is 409 g/mol. The van der Waals surface area contributed by atoms with Crippen LogP contribution in [0.15, 0.2) is 48.5 Å². The quantitative estimate of drug-likeness (QED) is 0.454. The zero-order chi connectivity index (χ0) is 21.3. The lowest BCUT2D eigenvalue weighted by molar-refractivity contribution is -0.153. The van der Waals surface area contributed by atoms with Gasteiger partial charge in [0.2, 0.25) is 11.9 Å². The van der Waals surface area contributed by atoms with Crippen molar-refractivity contribution in [2.45, 2.75) is 32.7 Å². The minimum absolute atomic E-state index is 0.138. The average Bonchev–Trinajstić information content (AvgIpc) is 3.12. The van der Waals surface area contributed by atoms with E-state index < -0.39 is 29.7 Å². The summed E-state index contributed by atoms with van der Waals surface area (Å²) in [5, 5.41) is 0. The van der Waals surface area contributed by atoms with Gasteiger partial charge in [0, 0.05) is 12.1 Å². The molecular formula is C23H24FN3O3. The SMILES string of the molecule is CCCCN1C(=O)[C@@H](C(=O)OCC)[C@@H](c2ccccc2F)n2c1nc1ccccc12. The number of fused-ring (bicyclic) bond motifs is 3. The Morgan fingerprint density at radius 1 is 1.13 bits per heavy atom. The molecule has 0 N–H and O–H groups in total. The molecule has 0 saturated carbocycles. The van der Waals surface area contributed by atoms with Gasteiger partial charge in [-0.15, -0.1) is 0 Å². The molecule has 0 aliphatic carbocycles. The first-order valence-electron chi connectivity index (χ1n) is 10.3. The third-order valence-electron chi connectivity index (χ3n) is 5.44.